The Labute approximate surface area is 207 Å². The third-order valence-electron chi connectivity index (χ3n) is 5.80. The summed E-state index contributed by atoms with van der Waals surface area (Å²) in [5, 5.41) is 14.0. The number of H-pyrrole nitrogens is 2. The Hall–Kier alpha value is -4.66. The molecule has 36 heavy (non-hydrogen) atoms. The number of ether oxygens (including phenoxy) is 3. The fourth-order valence-corrected chi connectivity index (χ4v) is 3.86. The van der Waals surface area contributed by atoms with Gasteiger partial charge in [-0.3, -0.25) is 19.8 Å². The second-order valence-corrected chi connectivity index (χ2v) is 8.05. The lowest BCUT2D eigenvalue weighted by atomic mass is 9.98. The van der Waals surface area contributed by atoms with Crippen molar-refractivity contribution in [2.45, 2.75) is 13.8 Å². The molecule has 0 atom stereocenters. The first kappa shape index (κ1) is 24.5. The molecule has 0 saturated carbocycles. The van der Waals surface area contributed by atoms with Gasteiger partial charge in [-0.1, -0.05) is 30.3 Å². The molecule has 3 aromatic carbocycles. The van der Waals surface area contributed by atoms with Gasteiger partial charge in [0.25, 0.3) is 5.56 Å². The standard InChI is InChI=1S/C27H26N4O5/c1-15-6-11-20(14-21(15)18-9-7-17(8-10-18)16(2)32)28-30-25-24(29-31-27(25)33)19-12-22(34-3)26(36-5)23(13-19)35-4/h6-14H,1-5H3,(H2,29,31,33). The highest BCUT2D eigenvalue weighted by molar-refractivity contribution is 5.94. The topological polar surface area (TPSA) is 118 Å². The van der Waals surface area contributed by atoms with Crippen LogP contribution in [-0.4, -0.2) is 37.3 Å². The van der Waals surface area contributed by atoms with Crippen molar-refractivity contribution < 1.29 is 19.0 Å². The van der Waals surface area contributed by atoms with Gasteiger partial charge in [0.1, 0.15) is 0 Å². The number of carbonyl (C=O) groups excluding carboxylic acids is 1. The fourth-order valence-electron chi connectivity index (χ4n) is 3.86. The Balaban J connectivity index is 1.71. The minimum Gasteiger partial charge on any atom is -0.493 e. The number of aromatic nitrogens is 2. The van der Waals surface area contributed by atoms with Crippen molar-refractivity contribution in [2.75, 3.05) is 21.3 Å². The molecule has 0 amide bonds. The van der Waals surface area contributed by atoms with E-state index >= 15 is 0 Å². The number of rotatable bonds is 8. The van der Waals surface area contributed by atoms with E-state index in [0.717, 1.165) is 16.7 Å². The summed E-state index contributed by atoms with van der Waals surface area (Å²) < 4.78 is 16.2. The molecule has 0 saturated heterocycles. The minimum absolute atomic E-state index is 0.0143. The number of nitrogens with zero attached hydrogens (tertiary/aromatic N) is 2. The highest BCUT2D eigenvalue weighted by atomic mass is 16.5. The maximum Gasteiger partial charge on any atom is 0.292 e. The summed E-state index contributed by atoms with van der Waals surface area (Å²) >= 11 is 0. The molecule has 0 radical (unpaired) electrons. The molecule has 0 aliphatic heterocycles. The van der Waals surface area contributed by atoms with E-state index in [1.165, 1.54) is 28.3 Å². The van der Waals surface area contributed by atoms with E-state index in [9.17, 15) is 9.59 Å². The normalized spacial score (nSPS) is 11.0. The van der Waals surface area contributed by atoms with E-state index < -0.39 is 5.56 Å². The van der Waals surface area contributed by atoms with Crippen LogP contribution in [0.5, 0.6) is 17.2 Å². The summed E-state index contributed by atoms with van der Waals surface area (Å²) in [6.07, 6.45) is 0. The molecule has 0 aliphatic carbocycles. The molecule has 0 aliphatic rings. The Bertz CT molecular complexity index is 1470. The van der Waals surface area contributed by atoms with E-state index in [1.54, 1.807) is 24.3 Å². The highest BCUT2D eigenvalue weighted by Gasteiger charge is 2.18. The van der Waals surface area contributed by atoms with Crippen LogP contribution in [0.3, 0.4) is 0 Å². The molecule has 0 spiro atoms. The van der Waals surface area contributed by atoms with E-state index in [4.69, 9.17) is 14.2 Å². The van der Waals surface area contributed by atoms with E-state index in [2.05, 4.69) is 20.4 Å². The number of methoxy groups -OCH3 is 3. The van der Waals surface area contributed by atoms with Gasteiger partial charge in [0.15, 0.2) is 23.0 Å². The van der Waals surface area contributed by atoms with Gasteiger partial charge < -0.3 is 14.2 Å². The number of azo groups is 1. The second-order valence-electron chi connectivity index (χ2n) is 8.05. The molecule has 0 fully saturated rings. The largest absolute Gasteiger partial charge is 0.493 e. The first-order valence-electron chi connectivity index (χ1n) is 11.1. The van der Waals surface area contributed by atoms with Crippen LogP contribution in [0.2, 0.25) is 0 Å². The molecule has 4 aromatic rings. The maximum absolute atomic E-state index is 12.5. The van der Waals surface area contributed by atoms with E-state index in [1.807, 2.05) is 37.3 Å². The Kier molecular flexibility index (Phi) is 7.00. The zero-order valence-corrected chi connectivity index (χ0v) is 20.6. The smallest absolute Gasteiger partial charge is 0.292 e. The van der Waals surface area contributed by atoms with E-state index in [-0.39, 0.29) is 11.5 Å². The fraction of sp³-hybridized carbons (Fsp3) is 0.185. The molecule has 0 unspecified atom stereocenters. The summed E-state index contributed by atoms with van der Waals surface area (Å²) in [6, 6.07) is 16.5. The van der Waals surface area contributed by atoms with Gasteiger partial charge in [-0.05, 0) is 54.8 Å². The van der Waals surface area contributed by atoms with Crippen molar-refractivity contribution >= 4 is 17.2 Å². The number of nitrogens with one attached hydrogen (secondary N) is 2. The van der Waals surface area contributed by atoms with Crippen molar-refractivity contribution in [3.05, 3.63) is 76.1 Å². The van der Waals surface area contributed by atoms with Crippen LogP contribution in [0.4, 0.5) is 11.4 Å². The van der Waals surface area contributed by atoms with Gasteiger partial charge in [0, 0.05) is 11.1 Å². The van der Waals surface area contributed by atoms with Crippen LogP contribution in [0.1, 0.15) is 22.8 Å². The number of aryl methyl sites for hydroxylation is 1. The number of benzene rings is 3. The quantitative estimate of drug-likeness (QED) is 0.234. The molecular formula is C27H26N4O5. The molecular weight excluding hydrogens is 460 g/mol. The molecule has 9 heteroatoms. The third-order valence-corrected chi connectivity index (χ3v) is 5.80. The number of aromatic amines is 2. The molecule has 1 heterocycles. The van der Waals surface area contributed by atoms with E-state index in [0.29, 0.717) is 39.8 Å². The van der Waals surface area contributed by atoms with Gasteiger partial charge >= 0.3 is 0 Å². The molecule has 1 aromatic heterocycles. The lowest BCUT2D eigenvalue weighted by Gasteiger charge is -2.13. The average molecular weight is 487 g/mol. The maximum atomic E-state index is 12.5. The Morgan fingerprint density at radius 2 is 1.47 bits per heavy atom. The van der Waals surface area contributed by atoms with Gasteiger partial charge in [0.2, 0.25) is 5.75 Å². The van der Waals surface area contributed by atoms with Crippen molar-refractivity contribution in [3.8, 4) is 39.6 Å². The summed E-state index contributed by atoms with van der Waals surface area (Å²) in [5.74, 6) is 1.33. The average Bonchev–Trinajstić information content (AvgIpc) is 3.27. The molecule has 2 N–H and O–H groups in total. The monoisotopic (exact) mass is 486 g/mol. The SMILES string of the molecule is COc1cc(-c2[nH][nH]c(=O)c2N=Nc2ccc(C)c(-c3ccc(C(C)=O)cc3)c2)cc(OC)c1OC. The van der Waals surface area contributed by atoms with Crippen molar-refractivity contribution in [3.63, 3.8) is 0 Å². The minimum atomic E-state index is -0.422. The van der Waals surface area contributed by atoms with Crippen LogP contribution in [0.25, 0.3) is 22.4 Å². The predicted molar refractivity (Wildman–Crippen MR) is 137 cm³/mol. The third kappa shape index (κ3) is 4.76. The summed E-state index contributed by atoms with van der Waals surface area (Å²) in [7, 11) is 4.56. The van der Waals surface area contributed by atoms with Gasteiger partial charge in [0.05, 0.1) is 32.7 Å². The molecule has 0 bridgehead atoms. The lowest BCUT2D eigenvalue weighted by molar-refractivity contribution is 0.101. The predicted octanol–water partition coefficient (Wildman–Crippen LogP) is 5.99. The summed E-state index contributed by atoms with van der Waals surface area (Å²) in [6.45, 7) is 3.53. The number of ketones is 1. The van der Waals surface area contributed by atoms with Gasteiger partial charge in [-0.2, -0.15) is 5.11 Å². The van der Waals surface area contributed by atoms with Gasteiger partial charge in [-0.25, -0.2) is 0 Å². The number of carbonyl (C=O) groups is 1. The molecule has 184 valence electrons. The van der Waals surface area contributed by atoms with Crippen LogP contribution >= 0.6 is 0 Å². The lowest BCUT2D eigenvalue weighted by Crippen LogP contribution is -1.97. The first-order chi connectivity index (χ1) is 17.4. The number of hydrogen-bond donors (Lipinski definition) is 2. The molecule has 4 rings (SSSR count). The van der Waals surface area contributed by atoms with Crippen LogP contribution in [0.15, 0.2) is 69.6 Å². The van der Waals surface area contributed by atoms with Crippen molar-refractivity contribution in [1.29, 1.82) is 0 Å². The number of hydrogen-bond acceptors (Lipinski definition) is 7. The van der Waals surface area contributed by atoms with Crippen LogP contribution in [-0.2, 0) is 0 Å². The Morgan fingerprint density at radius 3 is 2.06 bits per heavy atom. The second kappa shape index (κ2) is 10.3. The summed E-state index contributed by atoms with van der Waals surface area (Å²) in [5.41, 5.74) is 4.89. The highest BCUT2D eigenvalue weighted by Crippen LogP contribution is 2.42. The first-order valence-corrected chi connectivity index (χ1v) is 11.1. The van der Waals surface area contributed by atoms with Crippen LogP contribution < -0.4 is 19.8 Å². The number of Topliss-reactive ketones (excluding diaryl/α,β-unsaturated/α-hetero) is 1. The van der Waals surface area contributed by atoms with Crippen LogP contribution in [0, 0.1) is 6.92 Å². The zero-order chi connectivity index (χ0) is 25.8. The summed E-state index contributed by atoms with van der Waals surface area (Å²) in [4.78, 5) is 24.1. The van der Waals surface area contributed by atoms with Crippen molar-refractivity contribution in [1.82, 2.24) is 10.2 Å². The Morgan fingerprint density at radius 1 is 0.806 bits per heavy atom. The zero-order valence-electron chi connectivity index (χ0n) is 20.6. The van der Waals surface area contributed by atoms with Gasteiger partial charge in [-0.15, -0.1) is 5.11 Å². The molecule has 9 nitrogen and oxygen atoms in total. The van der Waals surface area contributed by atoms with Crippen molar-refractivity contribution in [2.24, 2.45) is 10.2 Å².